The zero-order chi connectivity index (χ0) is 18.5. The number of nitrogens with one attached hydrogen (secondary N) is 2. The fraction of sp³-hybridized carbons (Fsp3) is 0.211. The van der Waals surface area contributed by atoms with Crippen LogP contribution in [0.2, 0.25) is 5.02 Å². The lowest BCUT2D eigenvalue weighted by molar-refractivity contribution is 0.281. The summed E-state index contributed by atoms with van der Waals surface area (Å²) in [5.41, 5.74) is 3.47. The summed E-state index contributed by atoms with van der Waals surface area (Å²) in [5, 5.41) is 16.3. The SMILES string of the molecule is Cc1cccc(Cl)c1Nc1cc(-c2ccncc2)nc(N[C@@H](C)CO)n1. The van der Waals surface area contributed by atoms with Crippen LogP contribution in [0.3, 0.4) is 0 Å². The monoisotopic (exact) mass is 369 g/mol. The zero-order valence-electron chi connectivity index (χ0n) is 14.6. The van der Waals surface area contributed by atoms with E-state index in [0.29, 0.717) is 16.8 Å². The molecule has 3 aromatic rings. The summed E-state index contributed by atoms with van der Waals surface area (Å²) >= 11 is 6.32. The normalized spacial score (nSPS) is 11.8. The van der Waals surface area contributed by atoms with Gasteiger partial charge < -0.3 is 15.7 Å². The Balaban J connectivity index is 2.02. The molecule has 0 saturated carbocycles. The maximum atomic E-state index is 9.30. The highest BCUT2D eigenvalue weighted by Crippen LogP contribution is 2.30. The first-order chi connectivity index (χ1) is 12.6. The van der Waals surface area contributed by atoms with E-state index in [1.54, 1.807) is 12.4 Å². The smallest absolute Gasteiger partial charge is 0.225 e. The van der Waals surface area contributed by atoms with Crippen molar-refractivity contribution in [3.8, 4) is 11.3 Å². The Morgan fingerprint density at radius 3 is 2.62 bits per heavy atom. The number of pyridine rings is 1. The van der Waals surface area contributed by atoms with Gasteiger partial charge in [0.15, 0.2) is 0 Å². The minimum atomic E-state index is -0.169. The number of hydrogen-bond donors (Lipinski definition) is 3. The second-order valence-corrected chi connectivity index (χ2v) is 6.39. The van der Waals surface area contributed by atoms with Crippen LogP contribution in [-0.4, -0.2) is 32.7 Å². The van der Waals surface area contributed by atoms with Gasteiger partial charge >= 0.3 is 0 Å². The quantitative estimate of drug-likeness (QED) is 0.608. The van der Waals surface area contributed by atoms with Crippen LogP contribution >= 0.6 is 11.6 Å². The average molecular weight is 370 g/mol. The van der Waals surface area contributed by atoms with Gasteiger partial charge in [0.2, 0.25) is 5.95 Å². The third-order valence-electron chi connectivity index (χ3n) is 3.83. The van der Waals surface area contributed by atoms with Crippen molar-refractivity contribution in [3.05, 3.63) is 59.4 Å². The molecule has 134 valence electrons. The third kappa shape index (κ3) is 4.28. The Kier molecular flexibility index (Phi) is 5.65. The molecule has 26 heavy (non-hydrogen) atoms. The van der Waals surface area contributed by atoms with Gasteiger partial charge in [-0.15, -0.1) is 0 Å². The lowest BCUT2D eigenvalue weighted by atomic mass is 10.2. The van der Waals surface area contributed by atoms with E-state index in [4.69, 9.17) is 11.6 Å². The Hall–Kier alpha value is -2.70. The standard InChI is InChI=1S/C19H20ClN5O/c1-12-4-3-5-15(20)18(12)24-17-10-16(14-6-8-21-9-7-14)23-19(25-17)22-13(2)11-26/h3-10,13,26H,11H2,1-2H3,(H2,22,23,24,25)/t13-/m0/s1. The maximum Gasteiger partial charge on any atom is 0.225 e. The number of benzene rings is 1. The largest absolute Gasteiger partial charge is 0.394 e. The van der Waals surface area contributed by atoms with E-state index in [1.165, 1.54) is 0 Å². The van der Waals surface area contributed by atoms with Crippen molar-refractivity contribution in [2.45, 2.75) is 19.9 Å². The first kappa shape index (κ1) is 18.1. The van der Waals surface area contributed by atoms with Gasteiger partial charge in [0.25, 0.3) is 0 Å². The lowest BCUT2D eigenvalue weighted by Crippen LogP contribution is -2.21. The summed E-state index contributed by atoms with van der Waals surface area (Å²) in [7, 11) is 0. The van der Waals surface area contributed by atoms with E-state index in [9.17, 15) is 5.11 Å². The summed E-state index contributed by atoms with van der Waals surface area (Å²) in [6.07, 6.45) is 3.43. The predicted molar refractivity (Wildman–Crippen MR) is 105 cm³/mol. The Morgan fingerprint density at radius 2 is 1.92 bits per heavy atom. The molecule has 0 radical (unpaired) electrons. The van der Waals surface area contributed by atoms with Gasteiger partial charge in [-0.1, -0.05) is 23.7 Å². The van der Waals surface area contributed by atoms with E-state index in [2.05, 4.69) is 25.6 Å². The van der Waals surface area contributed by atoms with E-state index < -0.39 is 0 Å². The van der Waals surface area contributed by atoms with Crippen molar-refractivity contribution in [1.29, 1.82) is 0 Å². The number of aliphatic hydroxyl groups is 1. The Labute approximate surface area is 157 Å². The molecule has 0 spiro atoms. The lowest BCUT2D eigenvalue weighted by Gasteiger charge is -2.15. The molecule has 1 aromatic carbocycles. The molecule has 0 bridgehead atoms. The zero-order valence-corrected chi connectivity index (χ0v) is 15.3. The van der Waals surface area contributed by atoms with Crippen LogP contribution in [-0.2, 0) is 0 Å². The number of aryl methyl sites for hydroxylation is 1. The number of anilines is 3. The van der Waals surface area contributed by atoms with Gasteiger partial charge in [-0.05, 0) is 37.6 Å². The fourth-order valence-corrected chi connectivity index (χ4v) is 2.70. The Morgan fingerprint density at radius 1 is 1.15 bits per heavy atom. The van der Waals surface area contributed by atoms with Crippen molar-refractivity contribution in [2.75, 3.05) is 17.2 Å². The second kappa shape index (κ2) is 8.12. The summed E-state index contributed by atoms with van der Waals surface area (Å²) in [6.45, 7) is 3.81. The highest BCUT2D eigenvalue weighted by molar-refractivity contribution is 6.33. The molecule has 3 rings (SSSR count). The number of para-hydroxylation sites is 1. The van der Waals surface area contributed by atoms with Crippen LogP contribution in [0, 0.1) is 6.92 Å². The summed E-state index contributed by atoms with van der Waals surface area (Å²) < 4.78 is 0. The molecule has 7 heteroatoms. The van der Waals surface area contributed by atoms with Crippen LogP contribution in [0.25, 0.3) is 11.3 Å². The maximum absolute atomic E-state index is 9.30. The van der Waals surface area contributed by atoms with Crippen molar-refractivity contribution in [1.82, 2.24) is 15.0 Å². The number of aliphatic hydroxyl groups excluding tert-OH is 1. The van der Waals surface area contributed by atoms with Crippen molar-refractivity contribution in [3.63, 3.8) is 0 Å². The van der Waals surface area contributed by atoms with E-state index >= 15 is 0 Å². The molecule has 0 amide bonds. The molecule has 0 fully saturated rings. The van der Waals surface area contributed by atoms with Crippen LogP contribution in [0.4, 0.5) is 17.5 Å². The van der Waals surface area contributed by atoms with Crippen LogP contribution in [0.5, 0.6) is 0 Å². The van der Waals surface area contributed by atoms with Gasteiger partial charge in [-0.2, -0.15) is 4.98 Å². The van der Waals surface area contributed by atoms with Crippen LogP contribution < -0.4 is 10.6 Å². The van der Waals surface area contributed by atoms with Crippen LogP contribution in [0.15, 0.2) is 48.8 Å². The molecule has 0 aliphatic rings. The summed E-state index contributed by atoms with van der Waals surface area (Å²) in [5.74, 6) is 1.03. The Bertz CT molecular complexity index is 868. The minimum Gasteiger partial charge on any atom is -0.394 e. The number of rotatable bonds is 6. The highest BCUT2D eigenvalue weighted by atomic mass is 35.5. The molecule has 2 heterocycles. The number of hydrogen-bond acceptors (Lipinski definition) is 6. The van der Waals surface area contributed by atoms with Crippen LogP contribution in [0.1, 0.15) is 12.5 Å². The molecule has 3 N–H and O–H groups in total. The van der Waals surface area contributed by atoms with Gasteiger partial charge in [0.05, 0.1) is 23.0 Å². The second-order valence-electron chi connectivity index (χ2n) is 5.98. The van der Waals surface area contributed by atoms with Gasteiger partial charge in [-0.25, -0.2) is 4.98 Å². The molecule has 6 nitrogen and oxygen atoms in total. The summed E-state index contributed by atoms with van der Waals surface area (Å²) in [6, 6.07) is 11.2. The van der Waals surface area contributed by atoms with Crippen molar-refractivity contribution >= 4 is 29.1 Å². The molecule has 0 unspecified atom stereocenters. The molecular weight excluding hydrogens is 350 g/mol. The van der Waals surface area contributed by atoms with Gasteiger partial charge in [0, 0.05) is 30.1 Å². The van der Waals surface area contributed by atoms with E-state index in [0.717, 1.165) is 22.5 Å². The highest BCUT2D eigenvalue weighted by Gasteiger charge is 2.11. The van der Waals surface area contributed by atoms with Crippen molar-refractivity contribution in [2.24, 2.45) is 0 Å². The van der Waals surface area contributed by atoms with E-state index in [1.807, 2.05) is 50.2 Å². The van der Waals surface area contributed by atoms with Gasteiger partial charge in [0.1, 0.15) is 5.82 Å². The number of halogens is 1. The molecule has 1 atom stereocenters. The topological polar surface area (TPSA) is 83.0 Å². The molecule has 0 aliphatic heterocycles. The average Bonchev–Trinajstić information content (AvgIpc) is 2.65. The molecule has 0 aliphatic carbocycles. The molecular formula is C19H20ClN5O. The van der Waals surface area contributed by atoms with Crippen molar-refractivity contribution < 1.29 is 5.11 Å². The van der Waals surface area contributed by atoms with E-state index in [-0.39, 0.29) is 12.6 Å². The minimum absolute atomic E-state index is 0.0186. The first-order valence-corrected chi connectivity index (χ1v) is 8.63. The molecule has 0 saturated heterocycles. The number of nitrogens with zero attached hydrogens (tertiary/aromatic N) is 3. The third-order valence-corrected chi connectivity index (χ3v) is 4.14. The number of aromatic nitrogens is 3. The summed E-state index contributed by atoms with van der Waals surface area (Å²) in [4.78, 5) is 13.1. The first-order valence-electron chi connectivity index (χ1n) is 8.26. The fourth-order valence-electron chi connectivity index (χ4n) is 2.43. The van der Waals surface area contributed by atoms with Gasteiger partial charge in [-0.3, -0.25) is 4.98 Å². The predicted octanol–water partition coefficient (Wildman–Crippen LogP) is 4.04. The molecule has 2 aromatic heterocycles.